The number of hydrogen-bond acceptors (Lipinski definition) is 1. The summed E-state index contributed by atoms with van der Waals surface area (Å²) in [7, 11) is 0. The number of carbonyl (C=O) groups is 1. The molecule has 0 unspecified atom stereocenters. The van der Waals surface area contributed by atoms with Crippen LogP contribution in [0.25, 0.3) is 10.9 Å². The van der Waals surface area contributed by atoms with E-state index in [1.165, 1.54) is 24.8 Å². The van der Waals surface area contributed by atoms with Gasteiger partial charge in [-0.3, -0.25) is 4.79 Å². The van der Waals surface area contributed by atoms with Gasteiger partial charge in [-0.05, 0) is 37.8 Å². The molecule has 0 aliphatic heterocycles. The summed E-state index contributed by atoms with van der Waals surface area (Å²) < 4.78 is 0. The normalized spacial score (nSPS) is 14.6. The van der Waals surface area contributed by atoms with Crippen molar-refractivity contribution in [1.82, 2.24) is 10.3 Å². The van der Waals surface area contributed by atoms with Gasteiger partial charge in [-0.25, -0.2) is 0 Å². The molecular weight excluding hydrogens is 236 g/mol. The van der Waals surface area contributed by atoms with Gasteiger partial charge in [-0.2, -0.15) is 0 Å². The molecule has 0 saturated carbocycles. The highest BCUT2D eigenvalue weighted by atomic mass is 16.1. The zero-order chi connectivity index (χ0) is 13.1. The molecule has 98 valence electrons. The first-order chi connectivity index (χ1) is 9.34. The molecule has 1 aliphatic rings. The first kappa shape index (κ1) is 12.0. The van der Waals surface area contributed by atoms with Crippen molar-refractivity contribution in [2.75, 3.05) is 6.54 Å². The number of aromatic amines is 1. The summed E-state index contributed by atoms with van der Waals surface area (Å²) in [5.74, 6) is 0.00615. The second kappa shape index (κ2) is 5.31. The molecule has 2 aromatic rings. The Morgan fingerprint density at radius 3 is 3.11 bits per heavy atom. The minimum atomic E-state index is 0.00615. The van der Waals surface area contributed by atoms with Gasteiger partial charge >= 0.3 is 0 Å². The third kappa shape index (κ3) is 2.55. The molecule has 0 bridgehead atoms. The number of hydrogen-bond donors (Lipinski definition) is 2. The number of H-pyrrole nitrogens is 1. The minimum Gasteiger partial charge on any atom is -0.361 e. The molecule has 2 N–H and O–H groups in total. The third-order valence-electron chi connectivity index (χ3n) is 3.70. The lowest BCUT2D eigenvalue weighted by molar-refractivity contribution is 0.0955. The van der Waals surface area contributed by atoms with Crippen molar-refractivity contribution in [3.63, 3.8) is 0 Å². The van der Waals surface area contributed by atoms with E-state index in [1.54, 1.807) is 0 Å². The molecule has 0 atom stereocenters. The number of benzene rings is 1. The Balaban J connectivity index is 1.65. The van der Waals surface area contributed by atoms with Crippen molar-refractivity contribution in [3.8, 4) is 0 Å². The summed E-state index contributed by atoms with van der Waals surface area (Å²) in [5, 5.41) is 4.08. The maximum Gasteiger partial charge on any atom is 0.253 e. The highest BCUT2D eigenvalue weighted by Gasteiger charge is 2.10. The van der Waals surface area contributed by atoms with Gasteiger partial charge in [-0.1, -0.05) is 23.8 Å². The van der Waals surface area contributed by atoms with Crippen molar-refractivity contribution in [2.45, 2.75) is 25.7 Å². The highest BCUT2D eigenvalue weighted by Crippen LogP contribution is 2.20. The number of amides is 1. The summed E-state index contributed by atoms with van der Waals surface area (Å²) in [5.41, 5.74) is 3.13. The Labute approximate surface area is 112 Å². The van der Waals surface area contributed by atoms with E-state index in [0.717, 1.165) is 29.4 Å². The SMILES string of the molecule is O=C(NCCC1=CCCC1)c1cccc2cc[nH]c12. The largest absolute Gasteiger partial charge is 0.361 e. The molecule has 1 aromatic heterocycles. The highest BCUT2D eigenvalue weighted by molar-refractivity contribution is 6.05. The number of rotatable bonds is 4. The maximum absolute atomic E-state index is 12.2. The summed E-state index contributed by atoms with van der Waals surface area (Å²) in [6, 6.07) is 7.77. The van der Waals surface area contributed by atoms with E-state index in [1.807, 2.05) is 30.5 Å². The standard InChI is InChI=1S/C16H18N2O/c19-16(18-10-8-12-4-1-2-5-12)14-7-3-6-13-9-11-17-15(13)14/h3-4,6-7,9,11,17H,1-2,5,8,10H2,(H,18,19). The van der Waals surface area contributed by atoms with Crippen LogP contribution in [0.5, 0.6) is 0 Å². The van der Waals surface area contributed by atoms with Crippen LogP contribution < -0.4 is 5.32 Å². The van der Waals surface area contributed by atoms with Gasteiger partial charge in [0.25, 0.3) is 5.91 Å². The molecular formula is C16H18N2O. The quantitative estimate of drug-likeness (QED) is 0.807. The van der Waals surface area contributed by atoms with Crippen molar-refractivity contribution in [2.24, 2.45) is 0 Å². The van der Waals surface area contributed by atoms with E-state index >= 15 is 0 Å². The fourth-order valence-corrected chi connectivity index (χ4v) is 2.67. The van der Waals surface area contributed by atoms with Crippen LogP contribution in [0.1, 0.15) is 36.0 Å². The molecule has 0 spiro atoms. The molecule has 3 rings (SSSR count). The van der Waals surface area contributed by atoms with Crippen LogP contribution in [-0.2, 0) is 0 Å². The average Bonchev–Trinajstić information content (AvgIpc) is 3.08. The number of aromatic nitrogens is 1. The fraction of sp³-hybridized carbons (Fsp3) is 0.312. The van der Waals surface area contributed by atoms with Gasteiger partial charge in [-0.15, -0.1) is 0 Å². The second-order valence-corrected chi connectivity index (χ2v) is 5.01. The topological polar surface area (TPSA) is 44.9 Å². The Morgan fingerprint density at radius 1 is 1.32 bits per heavy atom. The molecule has 0 radical (unpaired) electrons. The van der Waals surface area contributed by atoms with Crippen LogP contribution in [0.4, 0.5) is 0 Å². The smallest absolute Gasteiger partial charge is 0.253 e. The maximum atomic E-state index is 12.2. The first-order valence-corrected chi connectivity index (χ1v) is 6.87. The van der Waals surface area contributed by atoms with E-state index in [4.69, 9.17) is 0 Å². The summed E-state index contributed by atoms with van der Waals surface area (Å²) in [6.45, 7) is 0.724. The van der Waals surface area contributed by atoms with E-state index in [2.05, 4.69) is 16.4 Å². The zero-order valence-electron chi connectivity index (χ0n) is 10.9. The van der Waals surface area contributed by atoms with Gasteiger partial charge in [0.1, 0.15) is 0 Å². The molecule has 3 heteroatoms. The molecule has 1 aromatic carbocycles. The lowest BCUT2D eigenvalue weighted by Gasteiger charge is -2.07. The van der Waals surface area contributed by atoms with Gasteiger partial charge in [0.15, 0.2) is 0 Å². The molecule has 0 saturated heterocycles. The summed E-state index contributed by atoms with van der Waals surface area (Å²) >= 11 is 0. The van der Waals surface area contributed by atoms with Crippen LogP contribution in [0.2, 0.25) is 0 Å². The molecule has 19 heavy (non-hydrogen) atoms. The van der Waals surface area contributed by atoms with Crippen LogP contribution in [0.3, 0.4) is 0 Å². The Morgan fingerprint density at radius 2 is 2.26 bits per heavy atom. The lowest BCUT2D eigenvalue weighted by atomic mass is 10.1. The van der Waals surface area contributed by atoms with Gasteiger partial charge in [0.2, 0.25) is 0 Å². The van der Waals surface area contributed by atoms with Crippen LogP contribution in [0.15, 0.2) is 42.1 Å². The van der Waals surface area contributed by atoms with Crippen LogP contribution >= 0.6 is 0 Å². The Kier molecular flexibility index (Phi) is 3.36. The number of carbonyl (C=O) groups excluding carboxylic acids is 1. The number of nitrogens with one attached hydrogen (secondary N) is 2. The van der Waals surface area contributed by atoms with Gasteiger partial charge in [0.05, 0.1) is 11.1 Å². The van der Waals surface area contributed by atoms with Crippen LogP contribution in [0, 0.1) is 0 Å². The lowest BCUT2D eigenvalue weighted by Crippen LogP contribution is -2.24. The number of allylic oxidation sites excluding steroid dienone is 1. The van der Waals surface area contributed by atoms with Crippen molar-refractivity contribution >= 4 is 16.8 Å². The van der Waals surface area contributed by atoms with E-state index < -0.39 is 0 Å². The van der Waals surface area contributed by atoms with Crippen molar-refractivity contribution in [3.05, 3.63) is 47.7 Å². The van der Waals surface area contributed by atoms with E-state index in [-0.39, 0.29) is 5.91 Å². The Bertz CT molecular complexity index is 624. The van der Waals surface area contributed by atoms with Gasteiger partial charge < -0.3 is 10.3 Å². The molecule has 1 heterocycles. The number of para-hydroxylation sites is 1. The second-order valence-electron chi connectivity index (χ2n) is 5.01. The number of fused-ring (bicyclic) bond motifs is 1. The van der Waals surface area contributed by atoms with E-state index in [9.17, 15) is 4.79 Å². The first-order valence-electron chi connectivity index (χ1n) is 6.87. The molecule has 3 nitrogen and oxygen atoms in total. The zero-order valence-corrected chi connectivity index (χ0v) is 10.9. The Hall–Kier alpha value is -2.03. The predicted molar refractivity (Wildman–Crippen MR) is 77.2 cm³/mol. The molecule has 0 fully saturated rings. The monoisotopic (exact) mass is 254 g/mol. The van der Waals surface area contributed by atoms with Crippen molar-refractivity contribution < 1.29 is 4.79 Å². The van der Waals surface area contributed by atoms with E-state index in [0.29, 0.717) is 0 Å². The fourth-order valence-electron chi connectivity index (χ4n) is 2.67. The van der Waals surface area contributed by atoms with Crippen LogP contribution in [-0.4, -0.2) is 17.4 Å². The summed E-state index contributed by atoms with van der Waals surface area (Å²) in [4.78, 5) is 15.3. The predicted octanol–water partition coefficient (Wildman–Crippen LogP) is 3.40. The average molecular weight is 254 g/mol. The molecule has 1 aliphatic carbocycles. The minimum absolute atomic E-state index is 0.00615. The van der Waals surface area contributed by atoms with Gasteiger partial charge in [0, 0.05) is 18.1 Å². The van der Waals surface area contributed by atoms with Crippen molar-refractivity contribution in [1.29, 1.82) is 0 Å². The third-order valence-corrected chi connectivity index (χ3v) is 3.70. The summed E-state index contributed by atoms with van der Waals surface area (Å²) in [6.07, 6.45) is 8.81. The molecule has 1 amide bonds.